The van der Waals surface area contributed by atoms with Gasteiger partial charge in [0.25, 0.3) is 0 Å². The molecule has 0 bridgehead atoms. The van der Waals surface area contributed by atoms with Crippen LogP contribution in [0.25, 0.3) is 11.0 Å². The summed E-state index contributed by atoms with van der Waals surface area (Å²) in [5.74, 6) is -0.337. The maximum Gasteiger partial charge on any atom is 0.351 e. The van der Waals surface area contributed by atoms with Crippen LogP contribution < -0.4 is 10.4 Å². The SMILES string of the molecule is CCOC(=O)c1cc2cc(/N=N/c3ccccc3)c(OC)cc2oc1=O. The van der Waals surface area contributed by atoms with Crippen LogP contribution in [0.1, 0.15) is 17.3 Å². The molecule has 0 N–H and O–H groups in total. The molecule has 0 unspecified atom stereocenters. The second-order valence-corrected chi connectivity index (χ2v) is 5.27. The third-order valence-electron chi connectivity index (χ3n) is 3.56. The van der Waals surface area contributed by atoms with E-state index in [1.165, 1.54) is 19.2 Å². The Morgan fingerprint density at radius 1 is 1.12 bits per heavy atom. The molecular formula is C19H16N2O5. The molecule has 0 aliphatic rings. The summed E-state index contributed by atoms with van der Waals surface area (Å²) in [5, 5.41) is 8.86. The van der Waals surface area contributed by atoms with Gasteiger partial charge in [0.2, 0.25) is 0 Å². The Morgan fingerprint density at radius 2 is 1.88 bits per heavy atom. The molecule has 1 aromatic heterocycles. The molecule has 0 spiro atoms. The van der Waals surface area contributed by atoms with Gasteiger partial charge in [-0.25, -0.2) is 9.59 Å². The van der Waals surface area contributed by atoms with Crippen molar-refractivity contribution in [1.82, 2.24) is 0 Å². The zero-order valence-electron chi connectivity index (χ0n) is 14.3. The quantitative estimate of drug-likeness (QED) is 0.386. The van der Waals surface area contributed by atoms with Gasteiger partial charge in [-0.15, -0.1) is 5.11 Å². The summed E-state index contributed by atoms with van der Waals surface area (Å²) in [4.78, 5) is 23.9. The van der Waals surface area contributed by atoms with Crippen molar-refractivity contribution in [2.45, 2.75) is 6.92 Å². The monoisotopic (exact) mass is 352 g/mol. The van der Waals surface area contributed by atoms with Gasteiger partial charge in [-0.2, -0.15) is 5.11 Å². The Morgan fingerprint density at radius 3 is 2.58 bits per heavy atom. The number of hydrogen-bond donors (Lipinski definition) is 0. The highest BCUT2D eigenvalue weighted by Crippen LogP contribution is 2.33. The molecule has 132 valence electrons. The molecule has 3 aromatic rings. The van der Waals surface area contributed by atoms with Gasteiger partial charge in [-0.1, -0.05) is 18.2 Å². The molecule has 0 aliphatic heterocycles. The number of hydrogen-bond acceptors (Lipinski definition) is 7. The van der Waals surface area contributed by atoms with Crippen molar-refractivity contribution < 1.29 is 18.7 Å². The van der Waals surface area contributed by atoms with Crippen LogP contribution in [0.3, 0.4) is 0 Å². The highest BCUT2D eigenvalue weighted by atomic mass is 16.5. The Kier molecular flexibility index (Phi) is 5.07. The second kappa shape index (κ2) is 7.60. The zero-order valence-corrected chi connectivity index (χ0v) is 14.3. The standard InChI is InChI=1S/C19H16N2O5/c1-3-25-18(22)14-9-12-10-15(21-20-13-7-5-4-6-8-13)17(24-2)11-16(12)26-19(14)23/h4-11H,3H2,1-2H3/b21-20+. The van der Waals surface area contributed by atoms with Crippen LogP contribution in [0, 0.1) is 0 Å². The van der Waals surface area contributed by atoms with E-state index in [1.54, 1.807) is 13.0 Å². The predicted molar refractivity (Wildman–Crippen MR) is 95.6 cm³/mol. The lowest BCUT2D eigenvalue weighted by Gasteiger charge is -2.07. The highest BCUT2D eigenvalue weighted by molar-refractivity contribution is 5.94. The van der Waals surface area contributed by atoms with Crippen LogP contribution >= 0.6 is 0 Å². The molecule has 0 fully saturated rings. The fourth-order valence-corrected chi connectivity index (χ4v) is 2.34. The van der Waals surface area contributed by atoms with E-state index in [0.717, 1.165) is 0 Å². The molecule has 7 heteroatoms. The third-order valence-corrected chi connectivity index (χ3v) is 3.56. The van der Waals surface area contributed by atoms with E-state index in [9.17, 15) is 9.59 Å². The predicted octanol–water partition coefficient (Wildman–Crippen LogP) is 4.39. The van der Waals surface area contributed by atoms with E-state index in [2.05, 4.69) is 10.2 Å². The number of azo groups is 1. The summed E-state index contributed by atoms with van der Waals surface area (Å²) in [6.07, 6.45) is 0. The molecule has 0 saturated heterocycles. The number of nitrogens with zero attached hydrogens (tertiary/aromatic N) is 2. The number of rotatable bonds is 5. The second-order valence-electron chi connectivity index (χ2n) is 5.27. The van der Waals surface area contributed by atoms with Gasteiger partial charge < -0.3 is 13.9 Å². The van der Waals surface area contributed by atoms with Crippen LogP contribution in [-0.4, -0.2) is 19.7 Å². The number of carbonyl (C=O) groups is 1. The lowest BCUT2D eigenvalue weighted by Crippen LogP contribution is -2.16. The first-order valence-electron chi connectivity index (χ1n) is 7.92. The van der Waals surface area contributed by atoms with Gasteiger partial charge in [-0.05, 0) is 31.2 Å². The van der Waals surface area contributed by atoms with Crippen molar-refractivity contribution in [3.63, 3.8) is 0 Å². The van der Waals surface area contributed by atoms with Crippen molar-refractivity contribution in [2.24, 2.45) is 10.2 Å². The fourth-order valence-electron chi connectivity index (χ4n) is 2.34. The van der Waals surface area contributed by atoms with E-state index < -0.39 is 11.6 Å². The normalized spacial score (nSPS) is 11.0. The number of methoxy groups -OCH3 is 1. The van der Waals surface area contributed by atoms with E-state index in [-0.39, 0.29) is 17.8 Å². The summed E-state index contributed by atoms with van der Waals surface area (Å²) in [6.45, 7) is 1.82. The molecule has 0 saturated carbocycles. The van der Waals surface area contributed by atoms with Gasteiger partial charge >= 0.3 is 11.6 Å². The number of fused-ring (bicyclic) bond motifs is 1. The van der Waals surface area contributed by atoms with Crippen LogP contribution in [-0.2, 0) is 4.74 Å². The van der Waals surface area contributed by atoms with Crippen LogP contribution in [0.15, 0.2) is 68.0 Å². The Balaban J connectivity index is 2.08. The summed E-state index contributed by atoms with van der Waals surface area (Å²) >= 11 is 0. The number of esters is 1. The Bertz CT molecular complexity index is 1030. The van der Waals surface area contributed by atoms with Gasteiger partial charge in [-0.3, -0.25) is 0 Å². The van der Waals surface area contributed by atoms with E-state index in [1.807, 2.05) is 30.3 Å². The summed E-state index contributed by atoms with van der Waals surface area (Å²) in [7, 11) is 1.48. The minimum Gasteiger partial charge on any atom is -0.494 e. The van der Waals surface area contributed by atoms with Gasteiger partial charge in [0, 0.05) is 11.5 Å². The van der Waals surface area contributed by atoms with Crippen LogP contribution in [0.2, 0.25) is 0 Å². The molecule has 1 heterocycles. The van der Waals surface area contributed by atoms with Crippen LogP contribution in [0.4, 0.5) is 11.4 Å². The molecule has 2 aromatic carbocycles. The van der Waals surface area contributed by atoms with Crippen molar-refractivity contribution in [3.05, 3.63) is 64.5 Å². The first kappa shape index (κ1) is 17.3. The number of ether oxygens (including phenoxy) is 2. The van der Waals surface area contributed by atoms with E-state index in [4.69, 9.17) is 13.9 Å². The first-order chi connectivity index (χ1) is 12.6. The summed E-state index contributed by atoms with van der Waals surface area (Å²) in [6, 6.07) is 13.8. The topological polar surface area (TPSA) is 90.5 Å². The smallest absolute Gasteiger partial charge is 0.351 e. The lowest BCUT2D eigenvalue weighted by molar-refractivity contribution is 0.0522. The molecule has 0 amide bonds. The maximum atomic E-state index is 12.0. The molecule has 0 atom stereocenters. The van der Waals surface area contributed by atoms with Crippen molar-refractivity contribution in [3.8, 4) is 5.75 Å². The highest BCUT2D eigenvalue weighted by Gasteiger charge is 2.16. The molecule has 26 heavy (non-hydrogen) atoms. The average Bonchev–Trinajstić information content (AvgIpc) is 2.66. The first-order valence-corrected chi connectivity index (χ1v) is 7.92. The molecule has 3 rings (SSSR count). The van der Waals surface area contributed by atoms with Crippen molar-refractivity contribution in [1.29, 1.82) is 0 Å². The molecular weight excluding hydrogens is 336 g/mol. The minimum absolute atomic E-state index is 0.162. The van der Waals surface area contributed by atoms with Crippen molar-refractivity contribution in [2.75, 3.05) is 13.7 Å². The zero-order chi connectivity index (χ0) is 18.5. The molecule has 0 aliphatic carbocycles. The Labute approximate surface area is 148 Å². The van der Waals surface area contributed by atoms with Crippen LogP contribution in [0.5, 0.6) is 5.75 Å². The lowest BCUT2D eigenvalue weighted by atomic mass is 10.1. The van der Waals surface area contributed by atoms with Crippen molar-refractivity contribution >= 4 is 28.3 Å². The molecule has 7 nitrogen and oxygen atoms in total. The Hall–Kier alpha value is -3.48. The van der Waals surface area contributed by atoms with E-state index in [0.29, 0.717) is 22.5 Å². The maximum absolute atomic E-state index is 12.0. The van der Waals surface area contributed by atoms with Gasteiger partial charge in [0.05, 0.1) is 19.4 Å². The number of carbonyl (C=O) groups excluding carboxylic acids is 1. The summed E-state index contributed by atoms with van der Waals surface area (Å²) < 4.78 is 15.4. The molecule has 0 radical (unpaired) electrons. The number of benzene rings is 2. The summed E-state index contributed by atoms with van der Waals surface area (Å²) in [5.41, 5.74) is 0.458. The average molecular weight is 352 g/mol. The third kappa shape index (κ3) is 3.61. The fraction of sp³-hybridized carbons (Fsp3) is 0.158. The van der Waals surface area contributed by atoms with Gasteiger partial charge in [0.1, 0.15) is 22.6 Å². The van der Waals surface area contributed by atoms with E-state index >= 15 is 0 Å². The minimum atomic E-state index is -0.767. The van der Waals surface area contributed by atoms with Gasteiger partial charge in [0.15, 0.2) is 0 Å². The largest absolute Gasteiger partial charge is 0.494 e.